The number of nitrogens with one attached hydrogen (secondary N) is 1. The molecule has 1 aliphatic rings. The lowest BCUT2D eigenvalue weighted by molar-refractivity contribution is -0.112. The highest BCUT2D eigenvalue weighted by molar-refractivity contribution is 6.06. The number of hydrogen-bond donors (Lipinski definition) is 1. The zero-order valence-corrected chi connectivity index (χ0v) is 13.2. The van der Waals surface area contributed by atoms with Gasteiger partial charge in [-0.2, -0.15) is 5.26 Å². The first kappa shape index (κ1) is 16.1. The quantitative estimate of drug-likeness (QED) is 0.682. The van der Waals surface area contributed by atoms with Crippen LogP contribution in [0.4, 0.5) is 5.69 Å². The Balaban J connectivity index is 2.00. The molecular formula is C17H22N4O. The van der Waals surface area contributed by atoms with Crippen LogP contribution >= 0.6 is 0 Å². The average Bonchev–Trinajstić information content (AvgIpc) is 2.53. The fourth-order valence-electron chi connectivity index (χ4n) is 2.45. The van der Waals surface area contributed by atoms with Crippen molar-refractivity contribution in [1.82, 2.24) is 9.80 Å². The Morgan fingerprint density at radius 2 is 2.09 bits per heavy atom. The van der Waals surface area contributed by atoms with Gasteiger partial charge in [-0.15, -0.1) is 0 Å². The van der Waals surface area contributed by atoms with Gasteiger partial charge >= 0.3 is 0 Å². The van der Waals surface area contributed by atoms with E-state index in [1.54, 1.807) is 6.20 Å². The summed E-state index contributed by atoms with van der Waals surface area (Å²) in [6.45, 7) is 8.76. The minimum atomic E-state index is -0.356. The summed E-state index contributed by atoms with van der Waals surface area (Å²) in [5, 5.41) is 12.0. The third-order valence-corrected chi connectivity index (χ3v) is 3.81. The lowest BCUT2D eigenvalue weighted by atomic mass is 10.2. The van der Waals surface area contributed by atoms with Crippen molar-refractivity contribution in [3.8, 4) is 6.07 Å². The molecule has 1 aliphatic heterocycles. The Hall–Kier alpha value is -2.32. The molecule has 0 bridgehead atoms. The van der Waals surface area contributed by atoms with E-state index >= 15 is 0 Å². The first-order valence-corrected chi connectivity index (χ1v) is 7.58. The summed E-state index contributed by atoms with van der Waals surface area (Å²) in [7, 11) is 0. The number of benzene rings is 1. The van der Waals surface area contributed by atoms with E-state index in [1.807, 2.05) is 42.2 Å². The molecule has 0 aromatic heterocycles. The summed E-state index contributed by atoms with van der Waals surface area (Å²) in [6, 6.07) is 9.55. The van der Waals surface area contributed by atoms with E-state index in [2.05, 4.69) is 17.1 Å². The molecule has 1 aromatic rings. The van der Waals surface area contributed by atoms with Crippen LogP contribution in [-0.4, -0.2) is 48.4 Å². The summed E-state index contributed by atoms with van der Waals surface area (Å²) in [5.41, 5.74) is 1.92. The van der Waals surface area contributed by atoms with Crippen molar-refractivity contribution < 1.29 is 4.79 Å². The van der Waals surface area contributed by atoms with Crippen LogP contribution < -0.4 is 5.32 Å². The van der Waals surface area contributed by atoms with Gasteiger partial charge in [-0.05, 0) is 31.2 Å². The molecular weight excluding hydrogens is 276 g/mol. The number of anilines is 1. The van der Waals surface area contributed by atoms with Crippen LogP contribution in [0.3, 0.4) is 0 Å². The van der Waals surface area contributed by atoms with E-state index in [1.165, 1.54) is 0 Å². The van der Waals surface area contributed by atoms with Crippen molar-refractivity contribution in [3.05, 3.63) is 41.6 Å². The molecule has 0 radical (unpaired) electrons. The smallest absolute Gasteiger partial charge is 0.267 e. The molecule has 0 spiro atoms. The van der Waals surface area contributed by atoms with Gasteiger partial charge < -0.3 is 15.1 Å². The number of aryl methyl sites for hydroxylation is 1. The maximum atomic E-state index is 12.2. The lowest BCUT2D eigenvalue weighted by Gasteiger charge is -2.33. The summed E-state index contributed by atoms with van der Waals surface area (Å²) < 4.78 is 0. The molecule has 116 valence electrons. The fraction of sp³-hybridized carbons (Fsp3) is 0.412. The van der Waals surface area contributed by atoms with Crippen molar-refractivity contribution in [2.24, 2.45) is 0 Å². The van der Waals surface area contributed by atoms with Crippen LogP contribution in [-0.2, 0) is 4.79 Å². The molecule has 2 rings (SSSR count). The van der Waals surface area contributed by atoms with Gasteiger partial charge in [0.2, 0.25) is 0 Å². The highest BCUT2D eigenvalue weighted by atomic mass is 16.1. The van der Waals surface area contributed by atoms with Crippen LogP contribution in [0.5, 0.6) is 0 Å². The number of nitriles is 1. The predicted molar refractivity (Wildman–Crippen MR) is 87.2 cm³/mol. The van der Waals surface area contributed by atoms with E-state index < -0.39 is 0 Å². The van der Waals surface area contributed by atoms with E-state index in [-0.39, 0.29) is 11.5 Å². The summed E-state index contributed by atoms with van der Waals surface area (Å²) in [4.78, 5) is 16.6. The number of nitrogens with zero attached hydrogens (tertiary/aromatic N) is 3. The van der Waals surface area contributed by atoms with Gasteiger partial charge in [0.1, 0.15) is 11.6 Å². The fourth-order valence-corrected chi connectivity index (χ4v) is 2.45. The molecule has 5 nitrogen and oxygen atoms in total. The summed E-state index contributed by atoms with van der Waals surface area (Å²) in [6.07, 6.45) is 1.68. The van der Waals surface area contributed by atoms with Gasteiger partial charge in [-0.1, -0.05) is 19.1 Å². The number of carbonyl (C=O) groups is 1. The minimum absolute atomic E-state index is 0.145. The Kier molecular flexibility index (Phi) is 5.56. The largest absolute Gasteiger partial charge is 0.374 e. The molecule has 1 saturated heterocycles. The van der Waals surface area contributed by atoms with E-state index in [0.29, 0.717) is 5.69 Å². The van der Waals surface area contributed by atoms with Gasteiger partial charge in [0.15, 0.2) is 0 Å². The van der Waals surface area contributed by atoms with Crippen molar-refractivity contribution in [2.75, 3.05) is 38.0 Å². The van der Waals surface area contributed by atoms with E-state index in [4.69, 9.17) is 0 Å². The van der Waals surface area contributed by atoms with Gasteiger partial charge in [0.05, 0.1) is 0 Å². The average molecular weight is 298 g/mol. The Morgan fingerprint density at radius 1 is 1.36 bits per heavy atom. The van der Waals surface area contributed by atoms with Crippen molar-refractivity contribution in [1.29, 1.82) is 5.26 Å². The summed E-state index contributed by atoms with van der Waals surface area (Å²) in [5.74, 6) is -0.356. The van der Waals surface area contributed by atoms with Crippen LogP contribution in [0.1, 0.15) is 12.5 Å². The van der Waals surface area contributed by atoms with Crippen LogP contribution in [0.15, 0.2) is 36.0 Å². The standard InChI is InChI=1S/C17H22N4O/c1-3-20-7-9-21(10-8-20)13-15(12-18)17(22)19-16-6-4-5-14(2)11-16/h4-6,11,13H,3,7-10H2,1-2H3,(H,19,22)/b15-13-. The maximum absolute atomic E-state index is 12.2. The second-order valence-electron chi connectivity index (χ2n) is 5.45. The van der Waals surface area contributed by atoms with Crippen LogP contribution in [0.25, 0.3) is 0 Å². The van der Waals surface area contributed by atoms with Crippen molar-refractivity contribution in [2.45, 2.75) is 13.8 Å². The molecule has 5 heteroatoms. The molecule has 0 atom stereocenters. The molecule has 1 heterocycles. The molecule has 0 unspecified atom stereocenters. The third-order valence-electron chi connectivity index (χ3n) is 3.81. The van der Waals surface area contributed by atoms with Gasteiger partial charge in [0.25, 0.3) is 5.91 Å². The Morgan fingerprint density at radius 3 is 2.68 bits per heavy atom. The zero-order chi connectivity index (χ0) is 15.9. The minimum Gasteiger partial charge on any atom is -0.374 e. The molecule has 1 aromatic carbocycles. The Labute approximate surface area is 131 Å². The number of amides is 1. The predicted octanol–water partition coefficient (Wildman–Crippen LogP) is 1.98. The molecule has 1 amide bonds. The van der Waals surface area contributed by atoms with E-state index in [9.17, 15) is 10.1 Å². The lowest BCUT2D eigenvalue weighted by Crippen LogP contribution is -2.44. The summed E-state index contributed by atoms with van der Waals surface area (Å²) >= 11 is 0. The molecule has 0 aliphatic carbocycles. The first-order valence-electron chi connectivity index (χ1n) is 7.58. The number of rotatable bonds is 4. The van der Waals surface area contributed by atoms with Crippen molar-refractivity contribution >= 4 is 11.6 Å². The normalized spacial score (nSPS) is 16.2. The third kappa shape index (κ3) is 4.34. The van der Waals surface area contributed by atoms with Crippen LogP contribution in [0, 0.1) is 18.3 Å². The number of carbonyl (C=O) groups excluding carboxylic acids is 1. The highest BCUT2D eigenvalue weighted by Gasteiger charge is 2.16. The SMILES string of the molecule is CCN1CCN(/C=C(/C#N)C(=O)Nc2cccc(C)c2)CC1. The topological polar surface area (TPSA) is 59.4 Å². The van der Waals surface area contributed by atoms with E-state index in [0.717, 1.165) is 38.3 Å². The van der Waals surface area contributed by atoms with Gasteiger partial charge in [-0.25, -0.2) is 0 Å². The van der Waals surface area contributed by atoms with Gasteiger partial charge in [0, 0.05) is 38.1 Å². The highest BCUT2D eigenvalue weighted by Crippen LogP contribution is 2.12. The number of piperazine rings is 1. The zero-order valence-electron chi connectivity index (χ0n) is 13.2. The Bertz CT molecular complexity index is 595. The van der Waals surface area contributed by atoms with Crippen molar-refractivity contribution in [3.63, 3.8) is 0 Å². The molecule has 1 N–H and O–H groups in total. The number of likely N-dealkylation sites (N-methyl/N-ethyl adjacent to an activating group) is 1. The maximum Gasteiger partial charge on any atom is 0.267 e. The van der Waals surface area contributed by atoms with Gasteiger partial charge in [-0.3, -0.25) is 4.79 Å². The monoisotopic (exact) mass is 298 g/mol. The number of hydrogen-bond acceptors (Lipinski definition) is 4. The second kappa shape index (κ2) is 7.62. The molecule has 0 saturated carbocycles. The first-order chi connectivity index (χ1) is 10.6. The molecule has 1 fully saturated rings. The van der Waals surface area contributed by atoms with Crippen LogP contribution in [0.2, 0.25) is 0 Å². The second-order valence-corrected chi connectivity index (χ2v) is 5.45. The molecule has 22 heavy (non-hydrogen) atoms.